The van der Waals surface area contributed by atoms with Crippen molar-refractivity contribution >= 4 is 46.3 Å². The third-order valence-corrected chi connectivity index (χ3v) is 5.95. The zero-order chi connectivity index (χ0) is 20.2. The van der Waals surface area contributed by atoms with Gasteiger partial charge in [0.1, 0.15) is 6.33 Å². The van der Waals surface area contributed by atoms with Gasteiger partial charge in [-0.1, -0.05) is 16.8 Å². The minimum Gasteiger partial charge on any atom is -0.339 e. The van der Waals surface area contributed by atoms with Crippen LogP contribution in [0.25, 0.3) is 11.4 Å². The first-order valence-corrected chi connectivity index (χ1v) is 10.7. The lowest BCUT2D eigenvalue weighted by molar-refractivity contribution is -0.116. The van der Waals surface area contributed by atoms with E-state index in [1.54, 1.807) is 34.4 Å². The van der Waals surface area contributed by atoms with Crippen LogP contribution in [0.4, 0.5) is 5.69 Å². The maximum absolute atomic E-state index is 12.5. The van der Waals surface area contributed by atoms with E-state index < -0.39 is 0 Å². The van der Waals surface area contributed by atoms with Gasteiger partial charge in [0.05, 0.1) is 5.69 Å². The lowest BCUT2D eigenvalue weighted by atomic mass is 10.2. The first-order chi connectivity index (χ1) is 14.1. The zero-order valence-corrected chi connectivity index (χ0v) is 17.6. The van der Waals surface area contributed by atoms with Crippen molar-refractivity contribution in [2.24, 2.45) is 7.05 Å². The van der Waals surface area contributed by atoms with Gasteiger partial charge in [-0.2, -0.15) is 16.3 Å². The van der Waals surface area contributed by atoms with Crippen molar-refractivity contribution in [3.63, 3.8) is 0 Å². The number of thiophene rings is 1. The maximum Gasteiger partial charge on any atom is 0.227 e. The number of hydrogen-bond donors (Lipinski definition) is 1. The molecule has 1 amide bonds. The molecule has 0 aliphatic rings. The van der Waals surface area contributed by atoms with E-state index in [2.05, 4.69) is 25.7 Å². The highest BCUT2D eigenvalue weighted by molar-refractivity contribution is 7.99. The van der Waals surface area contributed by atoms with E-state index in [0.717, 1.165) is 10.5 Å². The fourth-order valence-electron chi connectivity index (χ4n) is 2.45. The number of anilines is 1. The van der Waals surface area contributed by atoms with Gasteiger partial charge in [-0.05, 0) is 41.4 Å². The van der Waals surface area contributed by atoms with Crippen LogP contribution in [0, 0.1) is 0 Å². The molecule has 0 saturated carbocycles. The number of hydrogen-bond acceptors (Lipinski definition) is 8. The summed E-state index contributed by atoms with van der Waals surface area (Å²) in [6, 6.07) is 7.23. The number of benzene rings is 1. The SMILES string of the molecule is Cn1cnnc1Sc1ccc(Cl)cc1NC(=O)CCc1nc(-c2ccsc2)no1. The minimum absolute atomic E-state index is 0.178. The summed E-state index contributed by atoms with van der Waals surface area (Å²) in [5.41, 5.74) is 1.51. The Balaban J connectivity index is 1.40. The summed E-state index contributed by atoms with van der Waals surface area (Å²) in [7, 11) is 1.85. The minimum atomic E-state index is -0.178. The molecule has 0 saturated heterocycles. The molecule has 1 N–H and O–H groups in total. The average Bonchev–Trinajstić information content (AvgIpc) is 3.44. The quantitative estimate of drug-likeness (QED) is 0.451. The third-order valence-electron chi connectivity index (χ3n) is 3.90. The fraction of sp³-hybridized carbons (Fsp3) is 0.167. The van der Waals surface area contributed by atoms with E-state index in [1.165, 1.54) is 11.8 Å². The molecule has 3 aromatic heterocycles. The van der Waals surface area contributed by atoms with E-state index >= 15 is 0 Å². The monoisotopic (exact) mass is 446 g/mol. The molecular formula is C18H15ClN6O2S2. The van der Waals surface area contributed by atoms with Crippen molar-refractivity contribution < 1.29 is 9.32 Å². The van der Waals surface area contributed by atoms with E-state index in [9.17, 15) is 4.79 Å². The molecule has 11 heteroatoms. The highest BCUT2D eigenvalue weighted by Gasteiger charge is 2.14. The molecule has 148 valence electrons. The van der Waals surface area contributed by atoms with Gasteiger partial charge in [0.25, 0.3) is 0 Å². The lowest BCUT2D eigenvalue weighted by Gasteiger charge is -2.10. The Morgan fingerprint density at radius 3 is 3.03 bits per heavy atom. The van der Waals surface area contributed by atoms with Crippen LogP contribution in [-0.2, 0) is 18.3 Å². The standard InChI is InChI=1S/C18H15ClN6O2S2/c1-25-10-20-23-18(25)29-14-3-2-12(19)8-13(14)21-15(26)4-5-16-22-17(24-27-16)11-6-7-28-9-11/h2-3,6-10H,4-5H2,1H3,(H,21,26). The molecule has 0 fully saturated rings. The summed E-state index contributed by atoms with van der Waals surface area (Å²) < 4.78 is 7.03. The normalized spacial score (nSPS) is 11.0. The highest BCUT2D eigenvalue weighted by Crippen LogP contribution is 2.34. The Bertz CT molecular complexity index is 1130. The maximum atomic E-state index is 12.5. The van der Waals surface area contributed by atoms with Gasteiger partial charge in [-0.25, -0.2) is 0 Å². The molecule has 4 aromatic rings. The second-order valence-corrected chi connectivity index (χ2v) is 8.26. The third kappa shape index (κ3) is 4.84. The van der Waals surface area contributed by atoms with Gasteiger partial charge in [-0.15, -0.1) is 10.2 Å². The van der Waals surface area contributed by atoms with Crippen LogP contribution in [0.2, 0.25) is 5.02 Å². The number of nitrogens with zero attached hydrogens (tertiary/aromatic N) is 5. The first-order valence-electron chi connectivity index (χ1n) is 8.55. The molecule has 0 radical (unpaired) electrons. The molecular weight excluding hydrogens is 432 g/mol. The smallest absolute Gasteiger partial charge is 0.227 e. The Hall–Kier alpha value is -2.69. The first kappa shape index (κ1) is 19.6. The Kier molecular flexibility index (Phi) is 5.93. The highest BCUT2D eigenvalue weighted by atomic mass is 35.5. The molecule has 0 bridgehead atoms. The molecule has 0 aliphatic carbocycles. The molecule has 0 aliphatic heterocycles. The second kappa shape index (κ2) is 8.76. The number of rotatable bonds is 7. The van der Waals surface area contributed by atoms with E-state index in [-0.39, 0.29) is 12.3 Å². The molecule has 4 rings (SSSR count). The lowest BCUT2D eigenvalue weighted by Crippen LogP contribution is -2.13. The van der Waals surface area contributed by atoms with Crippen molar-refractivity contribution in [1.29, 1.82) is 0 Å². The van der Waals surface area contributed by atoms with Gasteiger partial charge in [0.15, 0.2) is 5.16 Å². The van der Waals surface area contributed by atoms with Crippen molar-refractivity contribution in [2.75, 3.05) is 5.32 Å². The average molecular weight is 447 g/mol. The van der Waals surface area contributed by atoms with Crippen LogP contribution in [0.5, 0.6) is 0 Å². The van der Waals surface area contributed by atoms with Crippen LogP contribution < -0.4 is 5.32 Å². The number of nitrogens with one attached hydrogen (secondary N) is 1. The number of amides is 1. The zero-order valence-electron chi connectivity index (χ0n) is 15.2. The Labute approximate surface area is 179 Å². The number of aryl methyl sites for hydroxylation is 2. The summed E-state index contributed by atoms with van der Waals surface area (Å²) in [5, 5.41) is 19.9. The fourth-order valence-corrected chi connectivity index (χ4v) is 4.09. The van der Waals surface area contributed by atoms with E-state index in [1.807, 2.05) is 29.9 Å². The Morgan fingerprint density at radius 1 is 1.38 bits per heavy atom. The van der Waals surface area contributed by atoms with Crippen molar-refractivity contribution in [3.05, 3.63) is 52.3 Å². The predicted octanol–water partition coefficient (Wildman–Crippen LogP) is 4.30. The predicted molar refractivity (Wildman–Crippen MR) is 111 cm³/mol. The largest absolute Gasteiger partial charge is 0.339 e. The van der Waals surface area contributed by atoms with Gasteiger partial charge >= 0.3 is 0 Å². The van der Waals surface area contributed by atoms with Gasteiger partial charge in [0, 0.05) is 40.8 Å². The summed E-state index contributed by atoms with van der Waals surface area (Å²) in [6.45, 7) is 0. The van der Waals surface area contributed by atoms with E-state index in [4.69, 9.17) is 16.1 Å². The second-order valence-electron chi connectivity index (χ2n) is 6.04. The van der Waals surface area contributed by atoms with Gasteiger partial charge < -0.3 is 14.4 Å². The molecule has 1 aromatic carbocycles. The van der Waals surface area contributed by atoms with Crippen LogP contribution in [0.15, 0.2) is 55.9 Å². The van der Waals surface area contributed by atoms with Crippen LogP contribution in [-0.4, -0.2) is 30.8 Å². The summed E-state index contributed by atoms with van der Waals surface area (Å²) in [5.74, 6) is 0.766. The molecule has 0 unspecified atom stereocenters. The van der Waals surface area contributed by atoms with Gasteiger partial charge in [0.2, 0.25) is 17.6 Å². The number of carbonyl (C=O) groups is 1. The topological polar surface area (TPSA) is 98.7 Å². The molecule has 8 nitrogen and oxygen atoms in total. The molecule has 0 spiro atoms. The summed E-state index contributed by atoms with van der Waals surface area (Å²) >= 11 is 9.06. The van der Waals surface area contributed by atoms with Crippen molar-refractivity contribution in [3.8, 4) is 11.4 Å². The van der Waals surface area contributed by atoms with Crippen LogP contribution in [0.1, 0.15) is 12.3 Å². The van der Waals surface area contributed by atoms with Crippen LogP contribution in [0.3, 0.4) is 0 Å². The summed E-state index contributed by atoms with van der Waals surface area (Å²) in [6.07, 6.45) is 2.16. The summed E-state index contributed by atoms with van der Waals surface area (Å²) in [4.78, 5) is 17.6. The number of carbonyl (C=O) groups excluding carboxylic acids is 1. The molecule has 3 heterocycles. The van der Waals surface area contributed by atoms with Gasteiger partial charge in [-0.3, -0.25) is 4.79 Å². The van der Waals surface area contributed by atoms with Crippen LogP contribution >= 0.6 is 34.7 Å². The van der Waals surface area contributed by atoms with Crippen molar-refractivity contribution in [2.45, 2.75) is 22.9 Å². The van der Waals surface area contributed by atoms with E-state index in [0.29, 0.717) is 34.0 Å². The van der Waals surface area contributed by atoms with Crippen molar-refractivity contribution in [1.82, 2.24) is 24.9 Å². The Morgan fingerprint density at radius 2 is 2.28 bits per heavy atom. The number of aromatic nitrogens is 5. The molecule has 0 atom stereocenters. The molecule has 29 heavy (non-hydrogen) atoms. The number of halogens is 1.